The second-order valence-corrected chi connectivity index (χ2v) is 7.85. The molecule has 3 amide bonds. The van der Waals surface area contributed by atoms with Crippen LogP contribution >= 0.6 is 11.8 Å². The SMILES string of the molecule is Cc1c(C(=O)NCCN2C(=O)S/C(=C\c3ccccc3F)C2=O)cnn1-c1ccccn1. The van der Waals surface area contributed by atoms with E-state index in [-0.39, 0.29) is 29.5 Å². The summed E-state index contributed by atoms with van der Waals surface area (Å²) in [5.41, 5.74) is 1.20. The Morgan fingerprint density at radius 2 is 1.97 bits per heavy atom. The van der Waals surface area contributed by atoms with Crippen LogP contribution in [-0.2, 0) is 4.79 Å². The second-order valence-electron chi connectivity index (χ2n) is 6.85. The van der Waals surface area contributed by atoms with Gasteiger partial charge in [0.15, 0.2) is 5.82 Å². The van der Waals surface area contributed by atoms with Crippen molar-refractivity contribution < 1.29 is 18.8 Å². The van der Waals surface area contributed by atoms with E-state index in [9.17, 15) is 18.8 Å². The van der Waals surface area contributed by atoms with Gasteiger partial charge in [0.1, 0.15) is 5.82 Å². The van der Waals surface area contributed by atoms with Gasteiger partial charge in [0, 0.05) is 24.8 Å². The van der Waals surface area contributed by atoms with Crippen LogP contribution < -0.4 is 5.32 Å². The number of aromatic nitrogens is 3. The van der Waals surface area contributed by atoms with Crippen molar-refractivity contribution in [2.45, 2.75) is 6.92 Å². The molecule has 1 aliphatic rings. The van der Waals surface area contributed by atoms with Crippen molar-refractivity contribution in [1.29, 1.82) is 0 Å². The van der Waals surface area contributed by atoms with E-state index in [0.717, 1.165) is 16.7 Å². The minimum atomic E-state index is -0.517. The Morgan fingerprint density at radius 1 is 1.19 bits per heavy atom. The normalized spacial score (nSPS) is 14.9. The molecular weight excluding hydrogens is 433 g/mol. The van der Waals surface area contributed by atoms with E-state index in [2.05, 4.69) is 15.4 Å². The lowest BCUT2D eigenvalue weighted by atomic mass is 10.2. The molecule has 8 nitrogen and oxygen atoms in total. The highest BCUT2D eigenvalue weighted by atomic mass is 32.2. The van der Waals surface area contributed by atoms with Crippen LogP contribution in [0.3, 0.4) is 0 Å². The predicted molar refractivity (Wildman–Crippen MR) is 118 cm³/mol. The standard InChI is InChI=1S/C22H18FN5O3S/c1-14-16(13-26-28(14)19-8-4-5-9-24-19)20(29)25-10-11-27-21(30)18(32-22(27)31)12-15-6-2-3-7-17(15)23/h2-9,12-13H,10-11H2,1H3,(H,25,29)/b18-12-. The van der Waals surface area contributed by atoms with Crippen molar-refractivity contribution in [3.63, 3.8) is 0 Å². The van der Waals surface area contributed by atoms with Crippen LogP contribution in [0.15, 0.2) is 59.8 Å². The van der Waals surface area contributed by atoms with Crippen molar-refractivity contribution in [2.24, 2.45) is 0 Å². The maximum absolute atomic E-state index is 13.8. The van der Waals surface area contributed by atoms with Crippen molar-refractivity contribution in [2.75, 3.05) is 13.1 Å². The van der Waals surface area contributed by atoms with Gasteiger partial charge in [-0.1, -0.05) is 24.3 Å². The van der Waals surface area contributed by atoms with Gasteiger partial charge in [0.05, 0.1) is 22.4 Å². The highest BCUT2D eigenvalue weighted by Crippen LogP contribution is 2.32. The van der Waals surface area contributed by atoms with E-state index in [1.165, 1.54) is 24.4 Å². The summed E-state index contributed by atoms with van der Waals surface area (Å²) in [4.78, 5) is 42.7. The van der Waals surface area contributed by atoms with Gasteiger partial charge in [-0.05, 0) is 43.0 Å². The predicted octanol–water partition coefficient (Wildman–Crippen LogP) is 3.18. The summed E-state index contributed by atoms with van der Waals surface area (Å²) < 4.78 is 15.4. The second kappa shape index (κ2) is 9.15. The first-order valence-corrected chi connectivity index (χ1v) is 10.5. The van der Waals surface area contributed by atoms with E-state index < -0.39 is 17.0 Å². The number of rotatable bonds is 6. The van der Waals surface area contributed by atoms with Crippen LogP contribution in [0, 0.1) is 12.7 Å². The van der Waals surface area contributed by atoms with E-state index >= 15 is 0 Å². The summed E-state index contributed by atoms with van der Waals surface area (Å²) in [6, 6.07) is 11.4. The lowest BCUT2D eigenvalue weighted by molar-refractivity contribution is -0.122. The molecule has 162 valence electrons. The molecule has 1 aliphatic heterocycles. The van der Waals surface area contributed by atoms with Gasteiger partial charge in [-0.15, -0.1) is 0 Å². The molecule has 4 rings (SSSR count). The maximum atomic E-state index is 13.8. The van der Waals surface area contributed by atoms with Crippen molar-refractivity contribution in [1.82, 2.24) is 25.0 Å². The molecule has 0 radical (unpaired) electrons. The molecule has 32 heavy (non-hydrogen) atoms. The number of pyridine rings is 1. The third kappa shape index (κ3) is 4.30. The molecule has 0 aliphatic carbocycles. The van der Waals surface area contributed by atoms with Gasteiger partial charge in [0.25, 0.3) is 17.1 Å². The third-order valence-corrected chi connectivity index (χ3v) is 5.71. The minimum absolute atomic E-state index is 0.00154. The number of hydrogen-bond donors (Lipinski definition) is 1. The summed E-state index contributed by atoms with van der Waals surface area (Å²) in [7, 11) is 0. The number of nitrogens with zero attached hydrogens (tertiary/aromatic N) is 4. The summed E-state index contributed by atoms with van der Waals surface area (Å²) >= 11 is 0.743. The fraction of sp³-hybridized carbons (Fsp3) is 0.136. The van der Waals surface area contributed by atoms with E-state index in [1.807, 2.05) is 6.07 Å². The molecule has 1 saturated heterocycles. The maximum Gasteiger partial charge on any atom is 0.293 e. The van der Waals surface area contributed by atoms with Crippen LogP contribution in [0.4, 0.5) is 9.18 Å². The Labute approximate surface area is 187 Å². The molecule has 1 fully saturated rings. The van der Waals surface area contributed by atoms with Gasteiger partial charge >= 0.3 is 0 Å². The summed E-state index contributed by atoms with van der Waals surface area (Å²) in [5.74, 6) is -0.785. The first-order valence-electron chi connectivity index (χ1n) is 9.70. The van der Waals surface area contributed by atoms with Crippen molar-refractivity contribution in [3.05, 3.63) is 82.4 Å². The van der Waals surface area contributed by atoms with E-state index in [4.69, 9.17) is 0 Å². The average Bonchev–Trinajstić information content (AvgIpc) is 3.30. The van der Waals surface area contributed by atoms with Crippen LogP contribution in [-0.4, -0.2) is 49.8 Å². The largest absolute Gasteiger partial charge is 0.350 e. The van der Waals surface area contributed by atoms with Crippen LogP contribution in [0.25, 0.3) is 11.9 Å². The molecular formula is C22H18FN5O3S. The monoisotopic (exact) mass is 451 g/mol. The quantitative estimate of drug-likeness (QED) is 0.578. The molecule has 0 spiro atoms. The molecule has 0 unspecified atom stereocenters. The highest BCUT2D eigenvalue weighted by molar-refractivity contribution is 8.18. The minimum Gasteiger partial charge on any atom is -0.350 e. The smallest absolute Gasteiger partial charge is 0.293 e. The number of benzene rings is 1. The number of amides is 3. The van der Waals surface area contributed by atoms with Gasteiger partial charge in [-0.2, -0.15) is 5.10 Å². The first-order chi connectivity index (χ1) is 15.5. The Balaban J connectivity index is 1.38. The van der Waals surface area contributed by atoms with Crippen LogP contribution in [0.5, 0.6) is 0 Å². The zero-order valence-corrected chi connectivity index (χ0v) is 17.8. The molecule has 3 aromatic rings. The lowest BCUT2D eigenvalue weighted by Crippen LogP contribution is -2.37. The number of halogens is 1. The number of thioether (sulfide) groups is 1. The Morgan fingerprint density at radius 3 is 2.72 bits per heavy atom. The number of imide groups is 1. The number of carbonyl (C=O) groups is 3. The number of hydrogen-bond acceptors (Lipinski definition) is 6. The topological polar surface area (TPSA) is 97.2 Å². The third-order valence-electron chi connectivity index (χ3n) is 4.81. The lowest BCUT2D eigenvalue weighted by Gasteiger charge is -2.13. The number of nitrogens with one attached hydrogen (secondary N) is 1. The molecule has 10 heteroatoms. The molecule has 1 N–H and O–H groups in total. The Hall–Kier alpha value is -3.79. The van der Waals surface area contributed by atoms with E-state index in [0.29, 0.717) is 17.1 Å². The zero-order valence-electron chi connectivity index (χ0n) is 17.0. The van der Waals surface area contributed by atoms with Gasteiger partial charge in [0.2, 0.25) is 0 Å². The fourth-order valence-corrected chi connectivity index (χ4v) is 4.00. The summed E-state index contributed by atoms with van der Waals surface area (Å²) in [6.07, 6.45) is 4.43. The van der Waals surface area contributed by atoms with Gasteiger partial charge in [-0.3, -0.25) is 19.3 Å². The zero-order chi connectivity index (χ0) is 22.7. The molecule has 0 saturated carbocycles. The first kappa shape index (κ1) is 21.4. The number of carbonyl (C=O) groups excluding carboxylic acids is 3. The van der Waals surface area contributed by atoms with E-state index in [1.54, 1.807) is 42.1 Å². The highest BCUT2D eigenvalue weighted by Gasteiger charge is 2.34. The van der Waals surface area contributed by atoms with Crippen LogP contribution in [0.2, 0.25) is 0 Å². The van der Waals surface area contributed by atoms with Crippen molar-refractivity contribution >= 4 is 34.9 Å². The summed E-state index contributed by atoms with van der Waals surface area (Å²) in [6.45, 7) is 1.82. The van der Waals surface area contributed by atoms with Crippen molar-refractivity contribution in [3.8, 4) is 5.82 Å². The Kier molecular flexibility index (Phi) is 6.13. The summed E-state index contributed by atoms with van der Waals surface area (Å²) in [5, 5.41) is 6.44. The van der Waals surface area contributed by atoms with Gasteiger partial charge in [-0.25, -0.2) is 14.1 Å². The van der Waals surface area contributed by atoms with Gasteiger partial charge < -0.3 is 5.32 Å². The van der Waals surface area contributed by atoms with Crippen LogP contribution in [0.1, 0.15) is 21.6 Å². The molecule has 0 bridgehead atoms. The molecule has 2 aromatic heterocycles. The molecule has 0 atom stereocenters. The fourth-order valence-electron chi connectivity index (χ4n) is 3.15. The molecule has 1 aromatic carbocycles. The Bertz CT molecular complexity index is 1230. The molecule has 3 heterocycles. The average molecular weight is 451 g/mol.